The van der Waals surface area contributed by atoms with Crippen molar-refractivity contribution in [3.8, 4) is 11.1 Å². The van der Waals surface area contributed by atoms with Gasteiger partial charge in [0.1, 0.15) is 11.6 Å². The van der Waals surface area contributed by atoms with Crippen LogP contribution < -0.4 is 10.2 Å². The first-order valence-electron chi connectivity index (χ1n) is 9.58. The van der Waals surface area contributed by atoms with E-state index in [2.05, 4.69) is 15.3 Å². The summed E-state index contributed by atoms with van der Waals surface area (Å²) in [6.45, 7) is 1.23. The Hall–Kier alpha value is -3.06. The van der Waals surface area contributed by atoms with Crippen molar-refractivity contribution in [2.24, 2.45) is 5.92 Å². The van der Waals surface area contributed by atoms with Crippen molar-refractivity contribution in [2.75, 3.05) is 23.3 Å². The van der Waals surface area contributed by atoms with Gasteiger partial charge in [0.15, 0.2) is 0 Å². The van der Waals surface area contributed by atoms with E-state index in [1.54, 1.807) is 24.5 Å². The predicted octanol–water partition coefficient (Wildman–Crippen LogP) is 4.93. The molecule has 1 fully saturated rings. The Morgan fingerprint density at radius 1 is 1.07 bits per heavy atom. The number of piperidine rings is 1. The van der Waals surface area contributed by atoms with Crippen molar-refractivity contribution < 1.29 is 13.6 Å². The van der Waals surface area contributed by atoms with Gasteiger partial charge >= 0.3 is 0 Å². The van der Waals surface area contributed by atoms with E-state index < -0.39 is 5.82 Å². The zero-order chi connectivity index (χ0) is 21.1. The highest BCUT2D eigenvalue weighted by Crippen LogP contribution is 2.25. The lowest BCUT2D eigenvalue weighted by Crippen LogP contribution is -2.41. The number of benzene rings is 2. The minimum absolute atomic E-state index is 0.0345. The first kappa shape index (κ1) is 20.2. The van der Waals surface area contributed by atoms with E-state index >= 15 is 0 Å². The zero-order valence-electron chi connectivity index (χ0n) is 16.0. The van der Waals surface area contributed by atoms with Gasteiger partial charge in [-0.25, -0.2) is 18.7 Å². The molecule has 3 aromatic rings. The first-order chi connectivity index (χ1) is 14.5. The quantitative estimate of drug-likeness (QED) is 0.640. The van der Waals surface area contributed by atoms with Crippen LogP contribution in [0.5, 0.6) is 0 Å². The van der Waals surface area contributed by atoms with E-state index in [0.717, 1.165) is 30.5 Å². The molecule has 0 bridgehead atoms. The van der Waals surface area contributed by atoms with Crippen LogP contribution in [0.2, 0.25) is 5.02 Å². The van der Waals surface area contributed by atoms with Gasteiger partial charge in [-0.1, -0.05) is 23.7 Å². The highest BCUT2D eigenvalue weighted by atomic mass is 35.5. The number of carbonyl (C=O) groups excluding carboxylic acids is 1. The lowest BCUT2D eigenvalue weighted by atomic mass is 9.97. The van der Waals surface area contributed by atoms with E-state index in [0.29, 0.717) is 18.2 Å². The summed E-state index contributed by atoms with van der Waals surface area (Å²) in [4.78, 5) is 23.5. The normalized spacial score (nSPS) is 16.4. The van der Waals surface area contributed by atoms with Crippen LogP contribution in [0.3, 0.4) is 0 Å². The molecule has 2 aromatic carbocycles. The molecule has 1 aromatic heterocycles. The number of amides is 1. The molecule has 1 aliphatic heterocycles. The smallest absolute Gasteiger partial charge is 0.229 e. The molecule has 2 heterocycles. The summed E-state index contributed by atoms with van der Waals surface area (Å²) >= 11 is 5.78. The van der Waals surface area contributed by atoms with E-state index in [1.807, 2.05) is 4.90 Å². The average molecular weight is 429 g/mol. The molecular weight excluding hydrogens is 410 g/mol. The molecule has 0 spiro atoms. The van der Waals surface area contributed by atoms with Crippen molar-refractivity contribution in [1.29, 1.82) is 0 Å². The molecule has 1 amide bonds. The number of nitrogens with zero attached hydrogens (tertiary/aromatic N) is 3. The van der Waals surface area contributed by atoms with Crippen LogP contribution in [0, 0.1) is 17.6 Å². The van der Waals surface area contributed by atoms with Crippen LogP contribution in [0.25, 0.3) is 11.1 Å². The Kier molecular flexibility index (Phi) is 5.90. The van der Waals surface area contributed by atoms with Crippen LogP contribution >= 0.6 is 11.6 Å². The molecular formula is C22H19ClF2N4O. The molecule has 0 radical (unpaired) electrons. The Balaban J connectivity index is 1.42. The molecule has 1 atom stereocenters. The fourth-order valence-corrected chi connectivity index (χ4v) is 3.65. The van der Waals surface area contributed by atoms with Crippen LogP contribution in [0.1, 0.15) is 12.8 Å². The molecule has 1 N–H and O–H groups in total. The fraction of sp³-hybridized carbons (Fsp3) is 0.227. The Labute approximate surface area is 177 Å². The maximum atomic E-state index is 13.3. The Bertz CT molecular complexity index is 1040. The van der Waals surface area contributed by atoms with E-state index in [-0.39, 0.29) is 22.7 Å². The van der Waals surface area contributed by atoms with Gasteiger partial charge in [-0.2, -0.15) is 0 Å². The monoisotopic (exact) mass is 428 g/mol. The van der Waals surface area contributed by atoms with Crippen LogP contribution in [-0.2, 0) is 4.79 Å². The predicted molar refractivity (Wildman–Crippen MR) is 112 cm³/mol. The summed E-state index contributed by atoms with van der Waals surface area (Å²) < 4.78 is 26.4. The SMILES string of the molecule is O=C(Nc1ccc(F)c(Cl)c1)[C@H]1CCCN(c2ncc(-c3ccc(F)cc3)cn2)C1. The Morgan fingerprint density at radius 2 is 1.80 bits per heavy atom. The molecule has 0 aliphatic carbocycles. The highest BCUT2D eigenvalue weighted by Gasteiger charge is 2.27. The number of nitrogens with one attached hydrogen (secondary N) is 1. The standard InChI is InChI=1S/C22H19ClF2N4O/c23-19-10-18(7-8-20(19)25)28-21(30)15-2-1-9-29(13-15)22-26-11-16(12-27-22)14-3-5-17(24)6-4-14/h3-8,10-12,15H,1-2,9,13H2,(H,28,30)/t15-/m0/s1. The van der Waals surface area contributed by atoms with Crippen LogP contribution in [-0.4, -0.2) is 29.0 Å². The lowest BCUT2D eigenvalue weighted by Gasteiger charge is -2.32. The molecule has 5 nitrogen and oxygen atoms in total. The maximum absolute atomic E-state index is 13.3. The second kappa shape index (κ2) is 8.75. The molecule has 8 heteroatoms. The number of anilines is 2. The number of hydrogen-bond donors (Lipinski definition) is 1. The zero-order valence-corrected chi connectivity index (χ0v) is 16.7. The number of halogens is 3. The molecule has 1 saturated heterocycles. The lowest BCUT2D eigenvalue weighted by molar-refractivity contribution is -0.120. The van der Waals surface area contributed by atoms with Crippen molar-refractivity contribution in [3.05, 3.63) is 71.5 Å². The van der Waals surface area contributed by atoms with E-state index in [4.69, 9.17) is 11.6 Å². The summed E-state index contributed by atoms with van der Waals surface area (Å²) in [5.41, 5.74) is 2.08. The minimum Gasteiger partial charge on any atom is -0.340 e. The van der Waals surface area contributed by atoms with Crippen LogP contribution in [0.4, 0.5) is 20.4 Å². The van der Waals surface area contributed by atoms with Crippen molar-refractivity contribution in [2.45, 2.75) is 12.8 Å². The van der Waals surface area contributed by atoms with Crippen molar-refractivity contribution >= 4 is 29.1 Å². The summed E-state index contributed by atoms with van der Waals surface area (Å²) in [7, 11) is 0. The number of rotatable bonds is 4. The third kappa shape index (κ3) is 4.57. The third-order valence-electron chi connectivity index (χ3n) is 5.08. The summed E-state index contributed by atoms with van der Waals surface area (Å²) in [5, 5.41) is 2.76. The van der Waals surface area contributed by atoms with Gasteiger partial charge in [-0.3, -0.25) is 4.79 Å². The van der Waals surface area contributed by atoms with Gasteiger partial charge in [-0.05, 0) is 48.7 Å². The van der Waals surface area contributed by atoms with Gasteiger partial charge in [0.25, 0.3) is 0 Å². The highest BCUT2D eigenvalue weighted by molar-refractivity contribution is 6.31. The average Bonchev–Trinajstić information content (AvgIpc) is 2.77. The van der Waals surface area contributed by atoms with Gasteiger partial charge in [-0.15, -0.1) is 0 Å². The van der Waals surface area contributed by atoms with Crippen molar-refractivity contribution in [3.63, 3.8) is 0 Å². The maximum Gasteiger partial charge on any atom is 0.229 e. The summed E-state index contributed by atoms with van der Waals surface area (Å²) in [5.74, 6) is -0.673. The fourth-order valence-electron chi connectivity index (χ4n) is 3.47. The van der Waals surface area contributed by atoms with Gasteiger partial charge in [0, 0.05) is 36.7 Å². The van der Waals surface area contributed by atoms with Crippen molar-refractivity contribution in [1.82, 2.24) is 9.97 Å². The summed E-state index contributed by atoms with van der Waals surface area (Å²) in [6, 6.07) is 10.2. The van der Waals surface area contributed by atoms with E-state index in [9.17, 15) is 13.6 Å². The second-order valence-corrected chi connectivity index (χ2v) is 7.59. The van der Waals surface area contributed by atoms with Gasteiger partial charge < -0.3 is 10.2 Å². The molecule has 30 heavy (non-hydrogen) atoms. The molecule has 0 unspecified atom stereocenters. The number of aromatic nitrogens is 2. The molecule has 154 valence electrons. The first-order valence-corrected chi connectivity index (χ1v) is 9.96. The largest absolute Gasteiger partial charge is 0.340 e. The molecule has 1 aliphatic rings. The topological polar surface area (TPSA) is 58.1 Å². The third-order valence-corrected chi connectivity index (χ3v) is 5.37. The van der Waals surface area contributed by atoms with Crippen LogP contribution in [0.15, 0.2) is 54.9 Å². The number of carbonyl (C=O) groups is 1. The minimum atomic E-state index is -0.528. The number of hydrogen-bond acceptors (Lipinski definition) is 4. The van der Waals surface area contributed by atoms with Gasteiger partial charge in [0.05, 0.1) is 10.9 Å². The summed E-state index contributed by atoms with van der Waals surface area (Å²) in [6.07, 6.45) is 4.95. The Morgan fingerprint density at radius 3 is 2.50 bits per heavy atom. The second-order valence-electron chi connectivity index (χ2n) is 7.18. The molecule has 4 rings (SSSR count). The van der Waals surface area contributed by atoms with Gasteiger partial charge in [0.2, 0.25) is 11.9 Å². The van der Waals surface area contributed by atoms with E-state index in [1.165, 1.54) is 30.3 Å². The molecule has 0 saturated carbocycles.